The molecule has 0 radical (unpaired) electrons. The first-order chi connectivity index (χ1) is 8.27. The minimum Gasteiger partial charge on any atom is -0.352 e. The lowest BCUT2D eigenvalue weighted by Gasteiger charge is -2.20. The number of carbonyl (C=O) groups excluding carboxylic acids is 1. The molecule has 1 saturated heterocycles. The molecule has 1 aromatic carbocycles. The minimum atomic E-state index is 0.164. The van der Waals surface area contributed by atoms with Crippen molar-refractivity contribution in [2.45, 2.75) is 19.4 Å². The van der Waals surface area contributed by atoms with Crippen molar-refractivity contribution in [3.05, 3.63) is 34.9 Å². The number of carbonyl (C=O) groups is 1. The number of hydrogen-bond donors (Lipinski definition) is 1. The van der Waals surface area contributed by atoms with Gasteiger partial charge in [0.15, 0.2) is 0 Å². The van der Waals surface area contributed by atoms with Crippen LogP contribution in [0, 0.1) is 5.92 Å². The number of halogens is 1. The molecule has 1 heterocycles. The van der Waals surface area contributed by atoms with Gasteiger partial charge in [-0.2, -0.15) is 11.8 Å². The molecular weight excluding hydrogens is 254 g/mol. The molecule has 0 spiro atoms. The van der Waals surface area contributed by atoms with Crippen LogP contribution in [-0.2, 0) is 11.3 Å². The van der Waals surface area contributed by atoms with Crippen LogP contribution < -0.4 is 5.32 Å². The average molecular weight is 270 g/mol. The molecule has 1 aromatic rings. The van der Waals surface area contributed by atoms with Gasteiger partial charge in [0.25, 0.3) is 0 Å². The standard InChI is InChI=1S/C13H16ClNOS/c14-12-6-2-1-4-10(12)8-15-13(16)11-5-3-7-17-9-11/h1-2,4,6,11H,3,5,7-9H2,(H,15,16). The molecular formula is C13H16ClNOS. The quantitative estimate of drug-likeness (QED) is 0.914. The molecule has 1 N–H and O–H groups in total. The van der Waals surface area contributed by atoms with Crippen LogP contribution in [-0.4, -0.2) is 17.4 Å². The molecule has 1 aliphatic heterocycles. The first kappa shape index (κ1) is 12.8. The Hall–Kier alpha value is -0.670. The highest BCUT2D eigenvalue weighted by Crippen LogP contribution is 2.23. The summed E-state index contributed by atoms with van der Waals surface area (Å²) < 4.78 is 0. The van der Waals surface area contributed by atoms with Gasteiger partial charge < -0.3 is 5.32 Å². The molecule has 1 atom stereocenters. The van der Waals surface area contributed by atoms with Crippen LogP contribution >= 0.6 is 23.4 Å². The number of rotatable bonds is 3. The fourth-order valence-electron chi connectivity index (χ4n) is 1.92. The van der Waals surface area contributed by atoms with Crippen LogP contribution in [0.3, 0.4) is 0 Å². The highest BCUT2D eigenvalue weighted by molar-refractivity contribution is 7.99. The third kappa shape index (κ3) is 3.65. The summed E-state index contributed by atoms with van der Waals surface area (Å²) in [7, 11) is 0. The summed E-state index contributed by atoms with van der Waals surface area (Å²) >= 11 is 7.91. The van der Waals surface area contributed by atoms with Gasteiger partial charge in [-0.1, -0.05) is 29.8 Å². The van der Waals surface area contributed by atoms with Crippen LogP contribution in [0.25, 0.3) is 0 Å². The highest BCUT2D eigenvalue weighted by atomic mass is 35.5. The Bertz CT molecular complexity index is 391. The summed E-state index contributed by atoms with van der Waals surface area (Å²) in [5, 5.41) is 3.69. The number of thioether (sulfide) groups is 1. The Balaban J connectivity index is 1.85. The van der Waals surface area contributed by atoms with Crippen LogP contribution in [0.5, 0.6) is 0 Å². The monoisotopic (exact) mass is 269 g/mol. The number of benzene rings is 1. The van der Waals surface area contributed by atoms with Crippen molar-refractivity contribution in [2.24, 2.45) is 5.92 Å². The molecule has 2 nitrogen and oxygen atoms in total. The molecule has 4 heteroatoms. The summed E-state index contributed by atoms with van der Waals surface area (Å²) in [4.78, 5) is 11.9. The normalized spacial score (nSPS) is 19.9. The number of amides is 1. The van der Waals surface area contributed by atoms with Crippen molar-refractivity contribution < 1.29 is 4.79 Å². The van der Waals surface area contributed by atoms with E-state index < -0.39 is 0 Å². The van der Waals surface area contributed by atoms with E-state index >= 15 is 0 Å². The molecule has 92 valence electrons. The molecule has 17 heavy (non-hydrogen) atoms. The van der Waals surface area contributed by atoms with E-state index in [2.05, 4.69) is 5.32 Å². The van der Waals surface area contributed by atoms with Gasteiger partial charge in [0.1, 0.15) is 0 Å². The summed E-state index contributed by atoms with van der Waals surface area (Å²) in [5.41, 5.74) is 0.978. The zero-order valence-electron chi connectivity index (χ0n) is 9.62. The maximum atomic E-state index is 11.9. The lowest BCUT2D eigenvalue weighted by molar-refractivity contribution is -0.124. The first-order valence-corrected chi connectivity index (χ1v) is 7.39. The molecule has 1 amide bonds. The summed E-state index contributed by atoms with van der Waals surface area (Å²) in [5.74, 6) is 2.48. The molecule has 2 rings (SSSR count). The largest absolute Gasteiger partial charge is 0.352 e. The van der Waals surface area contributed by atoms with Gasteiger partial charge in [-0.05, 0) is 30.2 Å². The number of hydrogen-bond acceptors (Lipinski definition) is 2. The first-order valence-electron chi connectivity index (χ1n) is 5.86. The van der Waals surface area contributed by atoms with E-state index in [0.29, 0.717) is 11.6 Å². The van der Waals surface area contributed by atoms with E-state index in [-0.39, 0.29) is 11.8 Å². The molecule has 0 aromatic heterocycles. The molecule has 1 fully saturated rings. The zero-order chi connectivity index (χ0) is 12.1. The fraction of sp³-hybridized carbons (Fsp3) is 0.462. The van der Waals surface area contributed by atoms with Gasteiger partial charge in [-0.25, -0.2) is 0 Å². The third-order valence-electron chi connectivity index (χ3n) is 2.94. The van der Waals surface area contributed by atoms with Gasteiger partial charge >= 0.3 is 0 Å². The van der Waals surface area contributed by atoms with Crippen molar-refractivity contribution in [3.63, 3.8) is 0 Å². The van der Waals surface area contributed by atoms with Crippen molar-refractivity contribution >= 4 is 29.3 Å². The fourth-order valence-corrected chi connectivity index (χ4v) is 3.26. The van der Waals surface area contributed by atoms with Gasteiger partial charge in [-0.3, -0.25) is 4.79 Å². The summed E-state index contributed by atoms with van der Waals surface area (Å²) in [6.45, 7) is 0.527. The second-order valence-electron chi connectivity index (χ2n) is 4.22. The van der Waals surface area contributed by atoms with E-state index in [1.165, 1.54) is 5.75 Å². The van der Waals surface area contributed by atoms with Gasteiger partial charge in [0.2, 0.25) is 5.91 Å². The maximum absolute atomic E-state index is 11.9. The smallest absolute Gasteiger partial charge is 0.224 e. The Kier molecular flexibility index (Phi) is 4.75. The van der Waals surface area contributed by atoms with Crippen molar-refractivity contribution in [3.8, 4) is 0 Å². The van der Waals surface area contributed by atoms with Crippen LogP contribution in [0.2, 0.25) is 5.02 Å². The average Bonchev–Trinajstić information content (AvgIpc) is 2.38. The van der Waals surface area contributed by atoms with Crippen LogP contribution in [0.1, 0.15) is 18.4 Å². The molecule has 0 aliphatic carbocycles. The topological polar surface area (TPSA) is 29.1 Å². The summed E-state index contributed by atoms with van der Waals surface area (Å²) in [6.07, 6.45) is 2.16. The van der Waals surface area contributed by atoms with Gasteiger partial charge in [-0.15, -0.1) is 0 Å². The number of nitrogens with one attached hydrogen (secondary N) is 1. The molecule has 1 unspecified atom stereocenters. The Morgan fingerprint density at radius 1 is 1.47 bits per heavy atom. The highest BCUT2D eigenvalue weighted by Gasteiger charge is 2.21. The van der Waals surface area contributed by atoms with E-state index in [1.807, 2.05) is 36.0 Å². The summed E-state index contributed by atoms with van der Waals surface area (Å²) in [6, 6.07) is 7.62. The third-order valence-corrected chi connectivity index (χ3v) is 4.53. The molecule has 0 saturated carbocycles. The Labute approximate surface area is 111 Å². The minimum absolute atomic E-state index is 0.164. The Morgan fingerprint density at radius 2 is 2.29 bits per heavy atom. The van der Waals surface area contributed by atoms with Gasteiger partial charge in [0, 0.05) is 23.2 Å². The second kappa shape index (κ2) is 6.31. The van der Waals surface area contributed by atoms with Crippen LogP contribution in [0.15, 0.2) is 24.3 Å². The second-order valence-corrected chi connectivity index (χ2v) is 5.78. The lowest BCUT2D eigenvalue weighted by Crippen LogP contribution is -2.33. The van der Waals surface area contributed by atoms with Crippen molar-refractivity contribution in [1.82, 2.24) is 5.32 Å². The van der Waals surface area contributed by atoms with E-state index in [1.54, 1.807) is 0 Å². The van der Waals surface area contributed by atoms with Crippen molar-refractivity contribution in [1.29, 1.82) is 0 Å². The predicted molar refractivity (Wildman–Crippen MR) is 73.3 cm³/mol. The lowest BCUT2D eigenvalue weighted by atomic mass is 10.0. The van der Waals surface area contributed by atoms with E-state index in [0.717, 1.165) is 24.2 Å². The molecule has 1 aliphatic rings. The Morgan fingerprint density at radius 3 is 3.00 bits per heavy atom. The van der Waals surface area contributed by atoms with E-state index in [9.17, 15) is 4.79 Å². The van der Waals surface area contributed by atoms with Gasteiger partial charge in [0.05, 0.1) is 0 Å². The maximum Gasteiger partial charge on any atom is 0.224 e. The van der Waals surface area contributed by atoms with E-state index in [4.69, 9.17) is 11.6 Å². The predicted octanol–water partition coefficient (Wildman–Crippen LogP) is 3.10. The molecule has 0 bridgehead atoms. The van der Waals surface area contributed by atoms with Crippen LogP contribution in [0.4, 0.5) is 0 Å². The SMILES string of the molecule is O=C(NCc1ccccc1Cl)C1CCCSC1. The zero-order valence-corrected chi connectivity index (χ0v) is 11.2. The van der Waals surface area contributed by atoms with Crippen molar-refractivity contribution in [2.75, 3.05) is 11.5 Å².